The Hall–Kier alpha value is -2.31. The van der Waals surface area contributed by atoms with Crippen LogP contribution in [0, 0.1) is 24.0 Å². The SMILES string of the molecule is Cc1nn(S(=O)(=O)c2cccc([N+](=O)[O-])c2)c(C)c1S(=O)(=O)N1CCCCC1. The van der Waals surface area contributed by atoms with Crippen LogP contribution in [0.15, 0.2) is 34.1 Å². The predicted molar refractivity (Wildman–Crippen MR) is 100.0 cm³/mol. The second-order valence-corrected chi connectivity index (χ2v) is 10.2. The van der Waals surface area contributed by atoms with E-state index in [9.17, 15) is 26.9 Å². The highest BCUT2D eigenvalue weighted by molar-refractivity contribution is 7.90. The molecule has 1 aromatic carbocycles. The Bertz CT molecular complexity index is 1130. The molecule has 0 saturated carbocycles. The van der Waals surface area contributed by atoms with E-state index in [1.165, 1.54) is 36.4 Å². The lowest BCUT2D eigenvalue weighted by Crippen LogP contribution is -2.36. The van der Waals surface area contributed by atoms with Gasteiger partial charge in [-0.15, -0.1) is 0 Å². The molecule has 3 rings (SSSR count). The zero-order valence-electron chi connectivity index (χ0n) is 15.4. The maximum Gasteiger partial charge on any atom is 0.283 e. The number of nitrogens with zero attached hydrogens (tertiary/aromatic N) is 4. The zero-order valence-corrected chi connectivity index (χ0v) is 17.0. The Morgan fingerprint density at radius 2 is 1.68 bits per heavy atom. The molecule has 1 aliphatic rings. The summed E-state index contributed by atoms with van der Waals surface area (Å²) in [6, 6.07) is 4.55. The van der Waals surface area contributed by atoms with Crippen LogP contribution in [0.2, 0.25) is 0 Å². The summed E-state index contributed by atoms with van der Waals surface area (Å²) in [6.45, 7) is 3.56. The summed E-state index contributed by atoms with van der Waals surface area (Å²) < 4.78 is 54.0. The molecule has 0 spiro atoms. The fraction of sp³-hybridized carbons (Fsp3) is 0.438. The first-order chi connectivity index (χ1) is 13.1. The van der Waals surface area contributed by atoms with Gasteiger partial charge in [-0.3, -0.25) is 10.1 Å². The normalized spacial score (nSPS) is 16.2. The molecule has 1 aliphatic heterocycles. The van der Waals surface area contributed by atoms with E-state index in [1.54, 1.807) is 0 Å². The van der Waals surface area contributed by atoms with Crippen molar-refractivity contribution in [3.8, 4) is 0 Å². The molecule has 2 aromatic rings. The number of aryl methyl sites for hydroxylation is 1. The number of sulfonamides is 1. The van der Waals surface area contributed by atoms with Gasteiger partial charge in [0.25, 0.3) is 15.7 Å². The average molecular weight is 428 g/mol. The molecule has 0 amide bonds. The van der Waals surface area contributed by atoms with Gasteiger partial charge in [0.15, 0.2) is 0 Å². The van der Waals surface area contributed by atoms with Crippen LogP contribution in [0.25, 0.3) is 0 Å². The molecule has 1 saturated heterocycles. The number of nitro benzene ring substituents is 1. The van der Waals surface area contributed by atoms with Crippen LogP contribution < -0.4 is 0 Å². The summed E-state index contributed by atoms with van der Waals surface area (Å²) in [7, 11) is -8.19. The number of hydrogen-bond acceptors (Lipinski definition) is 7. The number of aromatic nitrogens is 2. The average Bonchev–Trinajstić information content (AvgIpc) is 2.98. The van der Waals surface area contributed by atoms with Crippen molar-refractivity contribution in [3.05, 3.63) is 45.8 Å². The van der Waals surface area contributed by atoms with E-state index in [0.29, 0.717) is 17.2 Å². The number of benzene rings is 1. The van der Waals surface area contributed by atoms with Crippen LogP contribution in [0.5, 0.6) is 0 Å². The van der Waals surface area contributed by atoms with Crippen molar-refractivity contribution in [1.82, 2.24) is 13.5 Å². The molecule has 0 atom stereocenters. The molecule has 28 heavy (non-hydrogen) atoms. The quantitative estimate of drug-likeness (QED) is 0.524. The van der Waals surface area contributed by atoms with E-state index < -0.39 is 25.0 Å². The molecular weight excluding hydrogens is 408 g/mol. The van der Waals surface area contributed by atoms with Gasteiger partial charge in [-0.25, -0.2) is 8.42 Å². The first-order valence-corrected chi connectivity index (χ1v) is 11.5. The Morgan fingerprint density at radius 3 is 2.29 bits per heavy atom. The van der Waals surface area contributed by atoms with Crippen molar-refractivity contribution in [2.24, 2.45) is 0 Å². The molecule has 12 heteroatoms. The van der Waals surface area contributed by atoms with Gasteiger partial charge in [-0.1, -0.05) is 12.5 Å². The van der Waals surface area contributed by atoms with Gasteiger partial charge in [0.05, 0.1) is 21.2 Å². The monoisotopic (exact) mass is 428 g/mol. The minimum Gasteiger partial charge on any atom is -0.258 e. The van der Waals surface area contributed by atoms with Crippen LogP contribution in [-0.2, 0) is 20.0 Å². The van der Waals surface area contributed by atoms with Crippen LogP contribution in [0.1, 0.15) is 30.7 Å². The molecule has 0 N–H and O–H groups in total. The van der Waals surface area contributed by atoms with Gasteiger partial charge in [-0.05, 0) is 32.8 Å². The predicted octanol–water partition coefficient (Wildman–Crippen LogP) is 1.82. The molecule has 2 heterocycles. The Labute approximate surface area is 163 Å². The van der Waals surface area contributed by atoms with Crippen LogP contribution in [0.4, 0.5) is 5.69 Å². The van der Waals surface area contributed by atoms with Crippen LogP contribution in [-0.4, -0.2) is 48.3 Å². The maximum atomic E-state index is 13.0. The fourth-order valence-corrected chi connectivity index (χ4v) is 6.63. The van der Waals surface area contributed by atoms with Crippen molar-refractivity contribution < 1.29 is 21.8 Å². The minimum absolute atomic E-state index is 0.0467. The molecule has 152 valence electrons. The third-order valence-corrected chi connectivity index (χ3v) is 8.46. The van der Waals surface area contributed by atoms with Crippen LogP contribution >= 0.6 is 0 Å². The maximum absolute atomic E-state index is 13.0. The topological polar surface area (TPSA) is 132 Å². The van der Waals surface area contributed by atoms with Crippen molar-refractivity contribution in [2.75, 3.05) is 13.1 Å². The highest BCUT2D eigenvalue weighted by atomic mass is 32.2. The second-order valence-electron chi connectivity index (χ2n) is 6.57. The summed E-state index contributed by atoms with van der Waals surface area (Å²) in [4.78, 5) is 9.78. The van der Waals surface area contributed by atoms with Gasteiger partial charge in [0.2, 0.25) is 10.0 Å². The molecule has 1 aromatic heterocycles. The molecule has 10 nitrogen and oxygen atoms in total. The summed E-state index contributed by atoms with van der Waals surface area (Å²) in [6.07, 6.45) is 2.44. The van der Waals surface area contributed by atoms with E-state index in [4.69, 9.17) is 0 Å². The Kier molecular flexibility index (Phi) is 5.30. The zero-order chi connectivity index (χ0) is 20.7. The fourth-order valence-electron chi connectivity index (χ4n) is 3.30. The van der Waals surface area contributed by atoms with Gasteiger partial charge < -0.3 is 0 Å². The number of hydrogen-bond donors (Lipinski definition) is 0. The molecule has 1 fully saturated rings. The second kappa shape index (κ2) is 7.26. The molecule has 0 bridgehead atoms. The lowest BCUT2D eigenvalue weighted by molar-refractivity contribution is -0.385. The molecule has 0 unspecified atom stereocenters. The van der Waals surface area contributed by atoms with Crippen molar-refractivity contribution in [2.45, 2.75) is 42.9 Å². The third-order valence-electron chi connectivity index (χ3n) is 4.65. The molecular formula is C16H20N4O6S2. The minimum atomic E-state index is -4.30. The standard InChI is InChI=1S/C16H20N4O6S2/c1-12-16(28(25,26)18-9-4-3-5-10-18)13(2)19(17-12)27(23,24)15-8-6-7-14(11-15)20(21)22/h6-8,11H,3-5,9-10H2,1-2H3. The summed E-state index contributed by atoms with van der Waals surface area (Å²) in [5.74, 6) is 0. The summed E-state index contributed by atoms with van der Waals surface area (Å²) in [5.41, 5.74) is -0.365. The largest absolute Gasteiger partial charge is 0.283 e. The van der Waals surface area contributed by atoms with Crippen LogP contribution in [0.3, 0.4) is 0 Å². The van der Waals surface area contributed by atoms with E-state index in [0.717, 1.165) is 25.3 Å². The van der Waals surface area contributed by atoms with Gasteiger partial charge in [0.1, 0.15) is 4.90 Å². The molecule has 0 aliphatic carbocycles. The van der Waals surface area contributed by atoms with E-state index in [1.807, 2.05) is 0 Å². The summed E-state index contributed by atoms with van der Waals surface area (Å²) >= 11 is 0. The van der Waals surface area contributed by atoms with Crippen molar-refractivity contribution >= 4 is 25.7 Å². The lowest BCUT2D eigenvalue weighted by atomic mass is 10.2. The smallest absolute Gasteiger partial charge is 0.258 e. The Morgan fingerprint density at radius 1 is 1.04 bits per heavy atom. The van der Waals surface area contributed by atoms with E-state index in [-0.39, 0.29) is 26.9 Å². The third kappa shape index (κ3) is 3.42. The Balaban J connectivity index is 2.11. The number of nitro groups is 1. The van der Waals surface area contributed by atoms with Crippen molar-refractivity contribution in [1.29, 1.82) is 0 Å². The number of non-ortho nitro benzene ring substituents is 1. The highest BCUT2D eigenvalue weighted by Crippen LogP contribution is 2.28. The molecule has 0 radical (unpaired) electrons. The number of piperidine rings is 1. The van der Waals surface area contributed by atoms with Gasteiger partial charge in [0, 0.05) is 25.2 Å². The summed E-state index contributed by atoms with van der Waals surface area (Å²) in [5, 5.41) is 14.9. The van der Waals surface area contributed by atoms with E-state index in [2.05, 4.69) is 5.10 Å². The highest BCUT2D eigenvalue weighted by Gasteiger charge is 2.34. The van der Waals surface area contributed by atoms with E-state index >= 15 is 0 Å². The lowest BCUT2D eigenvalue weighted by Gasteiger charge is -2.25. The first kappa shape index (κ1) is 20.4. The van der Waals surface area contributed by atoms with Gasteiger partial charge >= 0.3 is 0 Å². The first-order valence-electron chi connectivity index (χ1n) is 8.63. The number of rotatable bonds is 5. The van der Waals surface area contributed by atoms with Crippen molar-refractivity contribution in [3.63, 3.8) is 0 Å². The van der Waals surface area contributed by atoms with Gasteiger partial charge in [-0.2, -0.15) is 21.9 Å².